The monoisotopic (exact) mass is 576 g/mol. The van der Waals surface area contributed by atoms with Gasteiger partial charge in [0.1, 0.15) is 18.3 Å². The Labute approximate surface area is 241 Å². The van der Waals surface area contributed by atoms with Crippen molar-refractivity contribution in [3.05, 3.63) is 11.6 Å². The van der Waals surface area contributed by atoms with Gasteiger partial charge in [0.05, 0.1) is 11.8 Å². The summed E-state index contributed by atoms with van der Waals surface area (Å²) >= 11 is 0. The van der Waals surface area contributed by atoms with Gasteiger partial charge < -0.3 is 23.7 Å². The fraction of sp³-hybridized carbons (Fsp3) is 0.774. The van der Waals surface area contributed by atoms with Crippen LogP contribution in [0.5, 0.6) is 0 Å². The third-order valence-electron chi connectivity index (χ3n) is 9.83. The van der Waals surface area contributed by atoms with E-state index in [0.29, 0.717) is 18.4 Å². The highest BCUT2D eigenvalue weighted by Crippen LogP contribution is 2.68. The first-order valence-corrected chi connectivity index (χ1v) is 14.6. The van der Waals surface area contributed by atoms with E-state index in [1.807, 2.05) is 27.7 Å². The maximum absolute atomic E-state index is 14.4. The Kier molecular flexibility index (Phi) is 7.99. The molecule has 0 aromatic rings. The standard InChI is InChI=1S/C31H44O10/c1-11-14(2)28(36)40-23-15(3)12-31-27(39-20(8)34)16(4)13-30(31,41-31)26(35)17(5)24(37-18(6)32)21-22(29(21,9)10)25(23)38-19(7)33/h12,14,16-17,21-25,27H,11,13H2,1-10H3/b15-12+/t14?,16-,17-,21?,22-,23-,24+,25?,27+,30+,31+/m1/s1. The minimum absolute atomic E-state index is 0.224. The number of carbonyl (C=O) groups excluding carboxylic acids is 5. The number of rotatable bonds is 6. The van der Waals surface area contributed by atoms with Crippen LogP contribution in [0.3, 0.4) is 0 Å². The molecule has 0 radical (unpaired) electrons. The number of esters is 4. The quantitative estimate of drug-likeness (QED) is 0.199. The van der Waals surface area contributed by atoms with Crippen LogP contribution >= 0.6 is 0 Å². The van der Waals surface area contributed by atoms with Gasteiger partial charge >= 0.3 is 23.9 Å². The third kappa shape index (κ3) is 5.00. The van der Waals surface area contributed by atoms with Gasteiger partial charge in [0.2, 0.25) is 0 Å². The van der Waals surface area contributed by atoms with E-state index in [1.165, 1.54) is 20.8 Å². The maximum Gasteiger partial charge on any atom is 0.309 e. The first-order valence-electron chi connectivity index (χ1n) is 14.6. The van der Waals surface area contributed by atoms with Gasteiger partial charge in [0, 0.05) is 32.6 Å². The first-order chi connectivity index (χ1) is 18.9. The van der Waals surface area contributed by atoms with Crippen LogP contribution in [0.2, 0.25) is 0 Å². The van der Waals surface area contributed by atoms with Crippen LogP contribution in [-0.4, -0.2) is 65.3 Å². The van der Waals surface area contributed by atoms with Gasteiger partial charge in [-0.3, -0.25) is 24.0 Å². The molecule has 4 rings (SSSR count). The normalized spacial score (nSPS) is 42.5. The average Bonchev–Trinajstić information content (AvgIpc) is 3.66. The number of epoxide rings is 1. The molecular formula is C31H44O10. The lowest BCUT2D eigenvalue weighted by Gasteiger charge is -2.31. The summed E-state index contributed by atoms with van der Waals surface area (Å²) in [4.78, 5) is 64.5. The average molecular weight is 577 g/mol. The van der Waals surface area contributed by atoms with E-state index >= 15 is 0 Å². The lowest BCUT2D eigenvalue weighted by molar-refractivity contribution is -0.169. The minimum Gasteiger partial charge on any atom is -0.461 e. The number of ketones is 1. The Hall–Kier alpha value is -2.75. The smallest absolute Gasteiger partial charge is 0.309 e. The second-order valence-corrected chi connectivity index (χ2v) is 13.2. The highest BCUT2D eigenvalue weighted by Gasteiger charge is 2.84. The molecule has 11 atom stereocenters. The molecule has 0 bridgehead atoms. The SMILES string of the molecule is CCC(C)C(=O)O[C@@H]1/C(C)=C/[C@@]23O[C@@]2(C[C@@H](C)[C@@H]3OC(C)=O)C(=O)[C@H](C)[C@H](OC(C)=O)C2[C@H](C1OC(C)=O)C2(C)C. The van der Waals surface area contributed by atoms with E-state index in [9.17, 15) is 24.0 Å². The zero-order chi connectivity index (χ0) is 30.8. The number of fused-ring (bicyclic) bond motifs is 1. The van der Waals surface area contributed by atoms with E-state index in [0.717, 1.165) is 0 Å². The fourth-order valence-corrected chi connectivity index (χ4v) is 7.62. The van der Waals surface area contributed by atoms with Crippen molar-refractivity contribution in [1.29, 1.82) is 0 Å². The molecule has 1 heterocycles. The van der Waals surface area contributed by atoms with E-state index in [2.05, 4.69) is 0 Å². The molecule has 0 spiro atoms. The van der Waals surface area contributed by atoms with Crippen molar-refractivity contribution in [2.24, 2.45) is 35.0 Å². The lowest BCUT2D eigenvalue weighted by atomic mass is 9.80. The zero-order valence-corrected chi connectivity index (χ0v) is 25.8. The summed E-state index contributed by atoms with van der Waals surface area (Å²) in [5.74, 6) is -4.48. The first kappa shape index (κ1) is 31.2. The molecule has 1 aliphatic heterocycles. The van der Waals surface area contributed by atoms with E-state index in [4.69, 9.17) is 23.7 Å². The molecule has 0 aromatic heterocycles. The molecule has 0 aromatic carbocycles. The van der Waals surface area contributed by atoms with Crippen LogP contribution < -0.4 is 0 Å². The molecule has 41 heavy (non-hydrogen) atoms. The molecular weight excluding hydrogens is 532 g/mol. The van der Waals surface area contributed by atoms with Gasteiger partial charge in [-0.2, -0.15) is 0 Å². The molecule has 3 aliphatic carbocycles. The van der Waals surface area contributed by atoms with Crippen LogP contribution in [0, 0.1) is 35.0 Å². The van der Waals surface area contributed by atoms with Crippen LogP contribution in [-0.2, 0) is 47.7 Å². The number of hydrogen-bond acceptors (Lipinski definition) is 10. The maximum atomic E-state index is 14.4. The van der Waals surface area contributed by atoms with Crippen molar-refractivity contribution in [3.63, 3.8) is 0 Å². The number of carbonyl (C=O) groups is 5. The third-order valence-corrected chi connectivity index (χ3v) is 9.83. The summed E-state index contributed by atoms with van der Waals surface area (Å²) in [6.07, 6.45) is -0.979. The summed E-state index contributed by atoms with van der Waals surface area (Å²) in [5, 5.41) is 0. The Balaban J connectivity index is 1.94. The summed E-state index contributed by atoms with van der Waals surface area (Å²) in [5.41, 5.74) is -2.63. The Morgan fingerprint density at radius 2 is 1.49 bits per heavy atom. The molecule has 3 unspecified atom stereocenters. The van der Waals surface area contributed by atoms with E-state index < -0.39 is 82.7 Å². The number of hydrogen-bond donors (Lipinski definition) is 0. The predicted molar refractivity (Wildman–Crippen MR) is 145 cm³/mol. The molecule has 3 fully saturated rings. The molecule has 2 saturated carbocycles. The van der Waals surface area contributed by atoms with Gasteiger partial charge in [-0.15, -0.1) is 0 Å². The van der Waals surface area contributed by atoms with Crippen molar-refractivity contribution >= 4 is 29.7 Å². The Morgan fingerprint density at radius 1 is 0.951 bits per heavy atom. The Bertz CT molecular complexity index is 1170. The largest absolute Gasteiger partial charge is 0.461 e. The fourth-order valence-electron chi connectivity index (χ4n) is 7.62. The number of Topliss-reactive ketones (excluding diaryl/α,β-unsaturated/α-hetero) is 1. The van der Waals surface area contributed by atoms with Gasteiger partial charge in [-0.25, -0.2) is 0 Å². The molecule has 0 amide bonds. The summed E-state index contributed by atoms with van der Waals surface area (Å²) in [7, 11) is 0. The van der Waals surface area contributed by atoms with E-state index in [1.54, 1.807) is 26.8 Å². The second-order valence-electron chi connectivity index (χ2n) is 13.2. The van der Waals surface area contributed by atoms with Gasteiger partial charge in [-0.05, 0) is 42.7 Å². The summed E-state index contributed by atoms with van der Waals surface area (Å²) in [6.45, 7) is 16.8. The molecule has 10 heteroatoms. The number of ether oxygens (including phenoxy) is 5. The van der Waals surface area contributed by atoms with Crippen LogP contribution in [0.1, 0.15) is 82.1 Å². The van der Waals surface area contributed by atoms with Gasteiger partial charge in [0.25, 0.3) is 0 Å². The van der Waals surface area contributed by atoms with Gasteiger partial charge in [0.15, 0.2) is 23.1 Å². The van der Waals surface area contributed by atoms with Crippen molar-refractivity contribution in [2.45, 2.75) is 118 Å². The van der Waals surface area contributed by atoms with Crippen molar-refractivity contribution in [3.8, 4) is 0 Å². The highest BCUT2D eigenvalue weighted by atomic mass is 16.7. The molecule has 1 saturated heterocycles. The summed E-state index contributed by atoms with van der Waals surface area (Å²) < 4.78 is 30.0. The van der Waals surface area contributed by atoms with Crippen molar-refractivity contribution < 1.29 is 47.7 Å². The highest BCUT2D eigenvalue weighted by molar-refractivity contribution is 5.96. The Morgan fingerprint density at radius 3 is 2.02 bits per heavy atom. The van der Waals surface area contributed by atoms with Crippen molar-refractivity contribution in [1.82, 2.24) is 0 Å². The molecule has 0 N–H and O–H groups in total. The summed E-state index contributed by atoms with van der Waals surface area (Å²) in [6, 6.07) is 0. The van der Waals surface area contributed by atoms with E-state index in [-0.39, 0.29) is 17.6 Å². The van der Waals surface area contributed by atoms with Gasteiger partial charge in [-0.1, -0.05) is 41.5 Å². The zero-order valence-electron chi connectivity index (χ0n) is 25.8. The molecule has 10 nitrogen and oxygen atoms in total. The van der Waals surface area contributed by atoms with Crippen LogP contribution in [0.4, 0.5) is 0 Å². The predicted octanol–water partition coefficient (Wildman–Crippen LogP) is 3.72. The molecule has 4 aliphatic rings. The topological polar surface area (TPSA) is 135 Å². The van der Waals surface area contributed by atoms with Crippen molar-refractivity contribution in [2.75, 3.05) is 0 Å². The minimum atomic E-state index is -1.31. The second kappa shape index (κ2) is 10.5. The van der Waals surface area contributed by atoms with Crippen LogP contribution in [0.15, 0.2) is 11.6 Å². The van der Waals surface area contributed by atoms with Crippen LogP contribution in [0.25, 0.3) is 0 Å². The lowest BCUT2D eigenvalue weighted by Crippen LogP contribution is -2.43. The molecule has 228 valence electrons.